The van der Waals surface area contributed by atoms with Crippen molar-refractivity contribution < 1.29 is 9.53 Å². The van der Waals surface area contributed by atoms with Gasteiger partial charge in [-0.3, -0.25) is 4.79 Å². The number of aromatic nitrogens is 4. The maximum Gasteiger partial charge on any atom is 0.252 e. The summed E-state index contributed by atoms with van der Waals surface area (Å²) in [6.45, 7) is 5.27. The molecule has 4 N–H and O–H groups in total. The molecule has 0 fully saturated rings. The molecule has 2 heterocycles. The minimum atomic E-state index is -0.157. The molecular formula is C25H28N6O2. The Hall–Kier alpha value is -3.78. The molecular weight excluding hydrogens is 416 g/mol. The number of rotatable bonds is 8. The number of hydrogen-bond donors (Lipinski definition) is 3. The fraction of sp³-hybridized carbons (Fsp3) is 0.280. The topological polar surface area (TPSA) is 119 Å². The van der Waals surface area contributed by atoms with Crippen LogP contribution in [0.15, 0.2) is 54.9 Å². The lowest BCUT2D eigenvalue weighted by Crippen LogP contribution is -2.27. The lowest BCUT2D eigenvalue weighted by atomic mass is 9.79. The number of anilines is 1. The van der Waals surface area contributed by atoms with Crippen molar-refractivity contribution in [3.63, 3.8) is 0 Å². The van der Waals surface area contributed by atoms with E-state index in [9.17, 15) is 4.79 Å². The predicted molar refractivity (Wildman–Crippen MR) is 129 cm³/mol. The van der Waals surface area contributed by atoms with Crippen LogP contribution in [-0.4, -0.2) is 46.1 Å². The van der Waals surface area contributed by atoms with Gasteiger partial charge < -0.3 is 20.8 Å². The standard InChI is InChI=1S/C25H28N6O2/c1-25(2,13-16-14-28-24(26)29-15-16)17-8-9-20-21(12-17)31-22(30-20)18-6-4-5-7-19(18)23(32)27-10-11-33-3/h4-9,12,14-15H,10-11,13H2,1-3H3,(H,27,32)(H,30,31)(H2,26,28,29). The van der Waals surface area contributed by atoms with Gasteiger partial charge in [0.2, 0.25) is 5.95 Å². The molecule has 8 heteroatoms. The molecule has 4 rings (SSSR count). The van der Waals surface area contributed by atoms with Gasteiger partial charge in [0.15, 0.2) is 0 Å². The van der Waals surface area contributed by atoms with Gasteiger partial charge in [0.1, 0.15) is 5.82 Å². The first kappa shape index (κ1) is 22.4. The number of carbonyl (C=O) groups excluding carboxylic acids is 1. The van der Waals surface area contributed by atoms with Crippen LogP contribution in [0.25, 0.3) is 22.4 Å². The van der Waals surface area contributed by atoms with E-state index in [1.807, 2.05) is 24.3 Å². The fourth-order valence-corrected chi connectivity index (χ4v) is 3.88. The third-order valence-electron chi connectivity index (χ3n) is 5.65. The molecule has 2 aromatic carbocycles. The molecule has 0 aliphatic heterocycles. The number of amides is 1. The van der Waals surface area contributed by atoms with Crippen molar-refractivity contribution in [1.82, 2.24) is 25.3 Å². The van der Waals surface area contributed by atoms with Crippen LogP contribution in [0, 0.1) is 0 Å². The first-order valence-electron chi connectivity index (χ1n) is 10.8. The van der Waals surface area contributed by atoms with Crippen LogP contribution in [0.5, 0.6) is 0 Å². The lowest BCUT2D eigenvalue weighted by molar-refractivity contribution is 0.0937. The van der Waals surface area contributed by atoms with Gasteiger partial charge >= 0.3 is 0 Å². The highest BCUT2D eigenvalue weighted by molar-refractivity contribution is 6.00. The van der Waals surface area contributed by atoms with E-state index in [2.05, 4.69) is 46.2 Å². The largest absolute Gasteiger partial charge is 0.383 e. The van der Waals surface area contributed by atoms with Crippen LogP contribution in [0.3, 0.4) is 0 Å². The minimum Gasteiger partial charge on any atom is -0.383 e. The summed E-state index contributed by atoms with van der Waals surface area (Å²) in [5.41, 5.74) is 10.7. The van der Waals surface area contributed by atoms with Crippen molar-refractivity contribution in [2.75, 3.05) is 26.0 Å². The van der Waals surface area contributed by atoms with E-state index in [0.29, 0.717) is 24.5 Å². The molecule has 1 amide bonds. The Morgan fingerprint density at radius 2 is 1.91 bits per heavy atom. The number of fused-ring (bicyclic) bond motifs is 1. The van der Waals surface area contributed by atoms with Crippen LogP contribution in [0.2, 0.25) is 0 Å². The smallest absolute Gasteiger partial charge is 0.252 e. The second-order valence-corrected chi connectivity index (χ2v) is 8.62. The minimum absolute atomic E-state index is 0.155. The summed E-state index contributed by atoms with van der Waals surface area (Å²) >= 11 is 0. The van der Waals surface area contributed by atoms with Crippen LogP contribution in [0.1, 0.15) is 35.3 Å². The number of imidazole rings is 1. The number of benzene rings is 2. The van der Waals surface area contributed by atoms with Crippen LogP contribution in [-0.2, 0) is 16.6 Å². The van der Waals surface area contributed by atoms with Crippen LogP contribution < -0.4 is 11.1 Å². The molecule has 33 heavy (non-hydrogen) atoms. The molecule has 0 atom stereocenters. The van der Waals surface area contributed by atoms with Gasteiger partial charge in [-0.05, 0) is 41.2 Å². The Labute approximate surface area is 192 Å². The van der Waals surface area contributed by atoms with E-state index in [1.54, 1.807) is 25.6 Å². The first-order chi connectivity index (χ1) is 15.9. The molecule has 0 aliphatic carbocycles. The summed E-state index contributed by atoms with van der Waals surface area (Å²) in [5, 5.41) is 2.88. The molecule has 0 saturated heterocycles. The van der Waals surface area contributed by atoms with Crippen LogP contribution in [0.4, 0.5) is 5.95 Å². The summed E-state index contributed by atoms with van der Waals surface area (Å²) in [6, 6.07) is 13.7. The number of nitrogens with zero attached hydrogens (tertiary/aromatic N) is 3. The second-order valence-electron chi connectivity index (χ2n) is 8.62. The number of carbonyl (C=O) groups is 1. The zero-order chi connectivity index (χ0) is 23.4. The molecule has 0 radical (unpaired) electrons. The van der Waals surface area contributed by atoms with E-state index in [0.717, 1.165) is 34.1 Å². The van der Waals surface area contributed by atoms with Gasteiger partial charge in [-0.2, -0.15) is 0 Å². The third-order valence-corrected chi connectivity index (χ3v) is 5.65. The number of H-pyrrole nitrogens is 1. The number of nitrogen functional groups attached to an aromatic ring is 1. The third kappa shape index (κ3) is 5.01. The number of aromatic amines is 1. The number of nitrogens with two attached hydrogens (primary N) is 1. The molecule has 170 valence electrons. The van der Waals surface area contributed by atoms with E-state index in [-0.39, 0.29) is 17.3 Å². The highest BCUT2D eigenvalue weighted by Gasteiger charge is 2.23. The summed E-state index contributed by atoms with van der Waals surface area (Å²) in [7, 11) is 1.60. The van der Waals surface area contributed by atoms with Gasteiger partial charge in [-0.15, -0.1) is 0 Å². The van der Waals surface area contributed by atoms with Crippen molar-refractivity contribution in [2.24, 2.45) is 0 Å². The Morgan fingerprint density at radius 3 is 2.67 bits per heavy atom. The molecule has 0 unspecified atom stereocenters. The van der Waals surface area contributed by atoms with E-state index in [1.165, 1.54) is 0 Å². The quantitative estimate of drug-likeness (QED) is 0.358. The summed E-state index contributed by atoms with van der Waals surface area (Å²) in [6.07, 6.45) is 4.31. The molecule has 4 aromatic rings. The Bertz CT molecular complexity index is 1260. The summed E-state index contributed by atoms with van der Waals surface area (Å²) < 4.78 is 5.02. The highest BCUT2D eigenvalue weighted by atomic mass is 16.5. The van der Waals surface area contributed by atoms with Gasteiger partial charge in [0.25, 0.3) is 5.91 Å². The summed E-state index contributed by atoms with van der Waals surface area (Å²) in [5.74, 6) is 0.774. The molecule has 0 saturated carbocycles. The SMILES string of the molecule is COCCNC(=O)c1ccccc1-c1nc2ccc(C(C)(C)Cc3cnc(N)nc3)cc2[nH]1. The van der Waals surface area contributed by atoms with Crippen molar-refractivity contribution in [2.45, 2.75) is 25.7 Å². The van der Waals surface area contributed by atoms with E-state index >= 15 is 0 Å². The monoisotopic (exact) mass is 444 g/mol. The number of ether oxygens (including phenoxy) is 1. The van der Waals surface area contributed by atoms with E-state index in [4.69, 9.17) is 15.5 Å². The zero-order valence-corrected chi connectivity index (χ0v) is 19.1. The maximum atomic E-state index is 12.7. The lowest BCUT2D eigenvalue weighted by Gasteiger charge is -2.25. The molecule has 0 bridgehead atoms. The normalized spacial score (nSPS) is 11.6. The van der Waals surface area contributed by atoms with Crippen LogP contribution >= 0.6 is 0 Å². The first-order valence-corrected chi connectivity index (χ1v) is 10.8. The molecule has 0 aliphatic rings. The van der Waals surface area contributed by atoms with Crippen molar-refractivity contribution >= 4 is 22.9 Å². The van der Waals surface area contributed by atoms with Gasteiger partial charge in [-0.25, -0.2) is 15.0 Å². The molecule has 8 nitrogen and oxygen atoms in total. The van der Waals surface area contributed by atoms with E-state index < -0.39 is 0 Å². The Kier molecular flexibility index (Phi) is 6.37. The van der Waals surface area contributed by atoms with Gasteiger partial charge in [0.05, 0.1) is 23.2 Å². The Balaban J connectivity index is 1.63. The predicted octanol–water partition coefficient (Wildman–Crippen LogP) is 3.50. The van der Waals surface area contributed by atoms with Crippen molar-refractivity contribution in [3.05, 3.63) is 71.5 Å². The van der Waals surface area contributed by atoms with Crippen molar-refractivity contribution in [1.29, 1.82) is 0 Å². The summed E-state index contributed by atoms with van der Waals surface area (Å²) in [4.78, 5) is 29.0. The highest BCUT2D eigenvalue weighted by Crippen LogP contribution is 2.31. The fourth-order valence-electron chi connectivity index (χ4n) is 3.88. The number of methoxy groups -OCH3 is 1. The number of nitrogens with one attached hydrogen (secondary N) is 2. The maximum absolute atomic E-state index is 12.7. The average Bonchev–Trinajstić information content (AvgIpc) is 3.24. The average molecular weight is 445 g/mol. The molecule has 0 spiro atoms. The second kappa shape index (κ2) is 9.38. The van der Waals surface area contributed by atoms with Gasteiger partial charge in [-0.1, -0.05) is 38.1 Å². The molecule has 2 aromatic heterocycles. The zero-order valence-electron chi connectivity index (χ0n) is 19.1. The number of hydrogen-bond acceptors (Lipinski definition) is 6. The van der Waals surface area contributed by atoms with Gasteiger partial charge in [0, 0.05) is 31.6 Å². The Morgan fingerprint density at radius 1 is 1.15 bits per heavy atom. The van der Waals surface area contributed by atoms with Crippen molar-refractivity contribution in [3.8, 4) is 11.4 Å².